The molecule has 0 radical (unpaired) electrons. The first-order valence-electron chi connectivity index (χ1n) is 13.4. The first-order chi connectivity index (χ1) is 19.1. The summed E-state index contributed by atoms with van der Waals surface area (Å²) < 4.78 is 11.8. The van der Waals surface area contributed by atoms with E-state index in [4.69, 9.17) is 15.2 Å². The van der Waals surface area contributed by atoms with Crippen LogP contribution in [0.1, 0.15) is 16.7 Å². The maximum atomic E-state index is 13.1. The highest BCUT2D eigenvalue weighted by atomic mass is 16.5. The number of benzene rings is 2. The number of nitrogens with two attached hydrogens (primary N) is 1. The number of nitrogens with zero attached hydrogens (tertiary/aromatic N) is 3. The summed E-state index contributed by atoms with van der Waals surface area (Å²) >= 11 is 0. The summed E-state index contributed by atoms with van der Waals surface area (Å²) in [5.74, 6) is 1.46. The van der Waals surface area contributed by atoms with Gasteiger partial charge in [0.15, 0.2) is 0 Å². The van der Waals surface area contributed by atoms with Crippen LogP contribution in [0.5, 0.6) is 11.5 Å². The van der Waals surface area contributed by atoms with Crippen molar-refractivity contribution in [3.05, 3.63) is 95.8 Å². The number of carbonyl (C=O) groups excluding carboxylic acids is 1. The summed E-state index contributed by atoms with van der Waals surface area (Å²) in [6.07, 6.45) is 6.26. The zero-order valence-corrected chi connectivity index (χ0v) is 21.9. The third kappa shape index (κ3) is 5.73. The molecule has 6 rings (SSSR count). The predicted molar refractivity (Wildman–Crippen MR) is 151 cm³/mol. The van der Waals surface area contributed by atoms with E-state index in [0.29, 0.717) is 38.5 Å². The summed E-state index contributed by atoms with van der Waals surface area (Å²) in [7, 11) is 0. The lowest BCUT2D eigenvalue weighted by atomic mass is 10.0. The number of piperazine rings is 1. The number of fused-ring (bicyclic) bond motifs is 1. The standard InChI is InChI=1S/C31H33N5O3/c32-27(31(37)36-15-13-35(14-16-36)20-23-4-2-1-3-5-23)18-22-6-8-25(9-7-22)39-28-10-12-33-30-29(28)26(19-34-30)24-11-17-38-21-24/h1-12,19,27H,13-18,20-21,32H2,(H,33,34)/t27-/m0/s1. The number of H-pyrrole nitrogens is 1. The molecule has 8 heteroatoms. The van der Waals surface area contributed by atoms with Crippen LogP contribution < -0.4 is 10.5 Å². The quantitative estimate of drug-likeness (QED) is 0.363. The van der Waals surface area contributed by atoms with Crippen molar-refractivity contribution in [3.8, 4) is 11.5 Å². The Morgan fingerprint density at radius 2 is 1.82 bits per heavy atom. The Morgan fingerprint density at radius 3 is 2.56 bits per heavy atom. The number of aromatic nitrogens is 2. The number of amides is 1. The topological polar surface area (TPSA) is 96.7 Å². The fraction of sp³-hybridized carbons (Fsp3) is 0.290. The molecule has 3 N–H and O–H groups in total. The lowest BCUT2D eigenvalue weighted by molar-refractivity contribution is -0.134. The van der Waals surface area contributed by atoms with E-state index in [0.717, 1.165) is 53.1 Å². The lowest BCUT2D eigenvalue weighted by Gasteiger charge is -2.36. The molecular formula is C31H33N5O3. The molecule has 2 aromatic carbocycles. The Kier molecular flexibility index (Phi) is 7.40. The van der Waals surface area contributed by atoms with Gasteiger partial charge >= 0.3 is 0 Å². The van der Waals surface area contributed by atoms with Gasteiger partial charge in [-0.15, -0.1) is 0 Å². The smallest absolute Gasteiger partial charge is 0.239 e. The summed E-state index contributed by atoms with van der Waals surface area (Å²) in [6, 6.07) is 19.5. The van der Waals surface area contributed by atoms with Gasteiger partial charge in [-0.25, -0.2) is 4.98 Å². The molecule has 2 aliphatic rings. The van der Waals surface area contributed by atoms with Crippen LogP contribution in [0.3, 0.4) is 0 Å². The molecule has 4 aromatic rings. The Labute approximate surface area is 228 Å². The summed E-state index contributed by atoms with van der Waals surface area (Å²) in [6.45, 7) is 5.23. The molecule has 0 unspecified atom stereocenters. The largest absolute Gasteiger partial charge is 0.457 e. The Morgan fingerprint density at radius 1 is 1.03 bits per heavy atom. The van der Waals surface area contributed by atoms with E-state index < -0.39 is 6.04 Å². The summed E-state index contributed by atoms with van der Waals surface area (Å²) in [5.41, 5.74) is 11.6. The van der Waals surface area contributed by atoms with Crippen LogP contribution in [-0.2, 0) is 22.5 Å². The Bertz CT molecular complexity index is 1460. The Hall–Kier alpha value is -3.98. The molecule has 8 nitrogen and oxygen atoms in total. The van der Waals surface area contributed by atoms with Crippen molar-refractivity contribution in [2.24, 2.45) is 5.73 Å². The first kappa shape index (κ1) is 25.3. The monoisotopic (exact) mass is 523 g/mol. The van der Waals surface area contributed by atoms with E-state index in [-0.39, 0.29) is 5.91 Å². The van der Waals surface area contributed by atoms with Gasteiger partial charge in [0.05, 0.1) is 24.6 Å². The van der Waals surface area contributed by atoms with Crippen LogP contribution in [0.15, 0.2) is 79.1 Å². The summed E-state index contributed by atoms with van der Waals surface area (Å²) in [5, 5.41) is 0.940. The van der Waals surface area contributed by atoms with Crippen molar-refractivity contribution >= 4 is 22.5 Å². The highest BCUT2D eigenvalue weighted by Crippen LogP contribution is 2.35. The number of pyridine rings is 1. The van der Waals surface area contributed by atoms with Crippen LogP contribution in [0, 0.1) is 0 Å². The molecule has 1 atom stereocenters. The van der Waals surface area contributed by atoms with Gasteiger partial charge in [0.1, 0.15) is 17.1 Å². The van der Waals surface area contributed by atoms with E-state index in [1.165, 1.54) is 5.56 Å². The molecular weight excluding hydrogens is 490 g/mol. The van der Waals surface area contributed by atoms with E-state index in [2.05, 4.69) is 45.2 Å². The normalized spacial score (nSPS) is 16.8. The minimum atomic E-state index is -0.568. The third-order valence-corrected chi connectivity index (χ3v) is 7.44. The number of aromatic amines is 1. The molecule has 0 spiro atoms. The van der Waals surface area contributed by atoms with Gasteiger partial charge in [-0.05, 0) is 41.3 Å². The molecule has 1 amide bonds. The van der Waals surface area contributed by atoms with Gasteiger partial charge in [-0.1, -0.05) is 48.5 Å². The number of rotatable bonds is 8. The van der Waals surface area contributed by atoms with Crippen LogP contribution in [-0.4, -0.2) is 71.1 Å². The minimum absolute atomic E-state index is 0.0130. The van der Waals surface area contributed by atoms with E-state index in [1.54, 1.807) is 6.20 Å². The molecule has 1 fully saturated rings. The van der Waals surface area contributed by atoms with E-state index in [9.17, 15) is 4.79 Å². The van der Waals surface area contributed by atoms with Gasteiger partial charge in [-0.2, -0.15) is 0 Å². The van der Waals surface area contributed by atoms with Gasteiger partial charge < -0.3 is 25.1 Å². The third-order valence-electron chi connectivity index (χ3n) is 7.44. The maximum Gasteiger partial charge on any atom is 0.239 e. The molecule has 0 aliphatic carbocycles. The number of hydrogen-bond donors (Lipinski definition) is 2. The molecule has 0 saturated carbocycles. The molecule has 2 aliphatic heterocycles. The average Bonchev–Trinajstić information content (AvgIpc) is 3.65. The number of hydrogen-bond acceptors (Lipinski definition) is 6. The molecule has 4 heterocycles. The van der Waals surface area contributed by atoms with Crippen LogP contribution in [0.4, 0.5) is 0 Å². The highest BCUT2D eigenvalue weighted by Gasteiger charge is 2.25. The minimum Gasteiger partial charge on any atom is -0.457 e. The Balaban J connectivity index is 1.05. The molecule has 39 heavy (non-hydrogen) atoms. The lowest BCUT2D eigenvalue weighted by Crippen LogP contribution is -2.53. The first-order valence-corrected chi connectivity index (χ1v) is 13.4. The van der Waals surface area contributed by atoms with Gasteiger partial charge in [0.2, 0.25) is 5.91 Å². The molecule has 2 aromatic heterocycles. The van der Waals surface area contributed by atoms with Crippen molar-refractivity contribution in [1.29, 1.82) is 0 Å². The highest BCUT2D eigenvalue weighted by molar-refractivity contribution is 5.95. The van der Waals surface area contributed by atoms with Crippen LogP contribution in [0.2, 0.25) is 0 Å². The predicted octanol–water partition coefficient (Wildman–Crippen LogP) is 3.98. The SMILES string of the molecule is N[C@@H](Cc1ccc(Oc2ccnc3[nH]cc(C4=CCOC4)c23)cc1)C(=O)N1CCN(Cc2ccccc2)CC1. The number of carbonyl (C=O) groups is 1. The molecule has 200 valence electrons. The van der Waals surface area contributed by atoms with Crippen LogP contribution in [0.25, 0.3) is 16.6 Å². The van der Waals surface area contributed by atoms with Crippen LogP contribution >= 0.6 is 0 Å². The van der Waals surface area contributed by atoms with E-state index >= 15 is 0 Å². The van der Waals surface area contributed by atoms with Crippen molar-refractivity contribution in [1.82, 2.24) is 19.8 Å². The zero-order valence-electron chi connectivity index (χ0n) is 21.9. The van der Waals surface area contributed by atoms with E-state index in [1.807, 2.05) is 47.5 Å². The second kappa shape index (κ2) is 11.4. The number of nitrogens with one attached hydrogen (secondary N) is 1. The number of ether oxygens (including phenoxy) is 2. The van der Waals surface area contributed by atoms with Crippen molar-refractivity contribution < 1.29 is 14.3 Å². The van der Waals surface area contributed by atoms with Gasteiger partial charge in [0, 0.05) is 50.7 Å². The molecule has 1 saturated heterocycles. The fourth-order valence-electron chi connectivity index (χ4n) is 5.30. The average molecular weight is 524 g/mol. The fourth-order valence-corrected chi connectivity index (χ4v) is 5.30. The van der Waals surface area contributed by atoms with Gasteiger partial charge in [0.25, 0.3) is 0 Å². The van der Waals surface area contributed by atoms with Crippen molar-refractivity contribution in [2.45, 2.75) is 19.0 Å². The van der Waals surface area contributed by atoms with Gasteiger partial charge in [-0.3, -0.25) is 9.69 Å². The summed E-state index contributed by atoms with van der Waals surface area (Å²) in [4.78, 5) is 25.0. The zero-order chi connectivity index (χ0) is 26.6. The molecule has 0 bridgehead atoms. The second-order valence-corrected chi connectivity index (χ2v) is 10.1. The maximum absolute atomic E-state index is 13.1. The second-order valence-electron chi connectivity index (χ2n) is 10.1. The van der Waals surface area contributed by atoms with Crippen molar-refractivity contribution in [3.63, 3.8) is 0 Å². The van der Waals surface area contributed by atoms with Crippen molar-refractivity contribution in [2.75, 3.05) is 39.4 Å².